The van der Waals surface area contributed by atoms with E-state index in [-0.39, 0.29) is 17.0 Å². The minimum Gasteiger partial charge on any atom is -0.454 e. The van der Waals surface area contributed by atoms with Gasteiger partial charge in [-0.2, -0.15) is 10.2 Å². The molecule has 208 valence electrons. The smallest absolute Gasteiger partial charge is 0.268 e. The maximum atomic E-state index is 15.4. The Balaban J connectivity index is 1.18. The van der Waals surface area contributed by atoms with Crippen LogP contribution in [0.3, 0.4) is 0 Å². The Morgan fingerprint density at radius 3 is 2.62 bits per heavy atom. The fourth-order valence-electron chi connectivity index (χ4n) is 5.38. The lowest BCUT2D eigenvalue weighted by atomic mass is 10.00. The van der Waals surface area contributed by atoms with Crippen molar-refractivity contribution in [2.75, 3.05) is 5.32 Å². The highest BCUT2D eigenvalue weighted by molar-refractivity contribution is 6.04. The van der Waals surface area contributed by atoms with E-state index in [1.165, 1.54) is 47.0 Å². The van der Waals surface area contributed by atoms with Gasteiger partial charge in [0.2, 0.25) is 0 Å². The molecule has 0 spiro atoms. The van der Waals surface area contributed by atoms with E-state index in [1.54, 1.807) is 31.6 Å². The van der Waals surface area contributed by atoms with Gasteiger partial charge in [0, 0.05) is 52.4 Å². The zero-order chi connectivity index (χ0) is 29.0. The molecule has 3 aromatic carbocycles. The van der Waals surface area contributed by atoms with Crippen molar-refractivity contribution < 1.29 is 18.3 Å². The van der Waals surface area contributed by atoms with E-state index in [4.69, 9.17) is 4.74 Å². The Hall–Kier alpha value is -5.58. The van der Waals surface area contributed by atoms with Gasteiger partial charge in [-0.1, -0.05) is 0 Å². The Kier molecular flexibility index (Phi) is 5.93. The molecule has 0 bridgehead atoms. The molecule has 9 nitrogen and oxygen atoms in total. The number of hydrogen-bond acceptors (Lipinski definition) is 5. The summed E-state index contributed by atoms with van der Waals surface area (Å²) in [5.74, 6) is -1.44. The van der Waals surface area contributed by atoms with Crippen molar-refractivity contribution in [1.29, 1.82) is 0 Å². The molecule has 11 heteroatoms. The number of hydrogen-bond donors (Lipinski definition) is 2. The Morgan fingerprint density at radius 2 is 1.86 bits per heavy atom. The number of carbonyl (C=O) groups excluding carboxylic acids is 1. The number of pyridine rings is 1. The van der Waals surface area contributed by atoms with Gasteiger partial charge in [-0.15, -0.1) is 0 Å². The van der Waals surface area contributed by atoms with Crippen molar-refractivity contribution in [3.8, 4) is 28.3 Å². The van der Waals surface area contributed by atoms with E-state index >= 15 is 4.39 Å². The summed E-state index contributed by atoms with van der Waals surface area (Å²) in [7, 11) is 0. The Labute approximate surface area is 237 Å². The molecule has 0 atom stereocenters. The van der Waals surface area contributed by atoms with E-state index in [0.29, 0.717) is 17.1 Å². The first-order valence-corrected chi connectivity index (χ1v) is 13.2. The number of nitrogens with zero attached hydrogens (tertiary/aromatic N) is 4. The predicted molar refractivity (Wildman–Crippen MR) is 152 cm³/mol. The molecule has 0 radical (unpaired) electrons. The van der Waals surface area contributed by atoms with Crippen molar-refractivity contribution in [1.82, 2.24) is 24.5 Å². The van der Waals surface area contributed by atoms with Crippen LogP contribution in [0, 0.1) is 18.6 Å². The number of amides is 1. The quantitative estimate of drug-likeness (QED) is 0.267. The highest BCUT2D eigenvalue weighted by atomic mass is 19.1. The van der Waals surface area contributed by atoms with Gasteiger partial charge < -0.3 is 10.1 Å². The van der Waals surface area contributed by atoms with Gasteiger partial charge >= 0.3 is 0 Å². The van der Waals surface area contributed by atoms with Crippen molar-refractivity contribution in [2.24, 2.45) is 0 Å². The van der Waals surface area contributed by atoms with Crippen molar-refractivity contribution in [3.05, 3.63) is 118 Å². The first kappa shape index (κ1) is 25.4. The van der Waals surface area contributed by atoms with E-state index < -0.39 is 23.1 Å². The molecule has 42 heavy (non-hydrogen) atoms. The molecular formula is C31H22F2N6O3. The summed E-state index contributed by atoms with van der Waals surface area (Å²) in [6.07, 6.45) is 5.97. The molecule has 0 saturated heterocycles. The Morgan fingerprint density at radius 1 is 1.02 bits per heavy atom. The van der Waals surface area contributed by atoms with Gasteiger partial charge in [-0.3, -0.25) is 23.9 Å². The zero-order valence-electron chi connectivity index (χ0n) is 22.2. The molecule has 1 aliphatic heterocycles. The van der Waals surface area contributed by atoms with Gasteiger partial charge in [-0.05, 0) is 73.5 Å². The number of nitrogens with one attached hydrogen (secondary N) is 2. The number of anilines is 1. The van der Waals surface area contributed by atoms with Crippen LogP contribution in [0.5, 0.6) is 11.5 Å². The van der Waals surface area contributed by atoms with Crippen LogP contribution in [-0.4, -0.2) is 30.5 Å². The van der Waals surface area contributed by atoms with Crippen molar-refractivity contribution in [3.63, 3.8) is 0 Å². The molecule has 2 N–H and O–H groups in total. The summed E-state index contributed by atoms with van der Waals surface area (Å²) < 4.78 is 38.1. The number of benzene rings is 3. The first-order valence-electron chi connectivity index (χ1n) is 13.2. The number of halogens is 2. The topological polar surface area (TPSA) is 107 Å². The van der Waals surface area contributed by atoms with Crippen LogP contribution in [0.4, 0.5) is 14.5 Å². The molecule has 7 rings (SSSR count). The molecule has 0 aliphatic carbocycles. The van der Waals surface area contributed by atoms with Crippen LogP contribution in [0.2, 0.25) is 0 Å². The summed E-state index contributed by atoms with van der Waals surface area (Å²) in [4.78, 5) is 26.3. The van der Waals surface area contributed by atoms with Gasteiger partial charge in [-0.25, -0.2) is 8.78 Å². The van der Waals surface area contributed by atoms with Crippen LogP contribution in [0.25, 0.3) is 27.7 Å². The third kappa shape index (κ3) is 4.22. The number of rotatable bonds is 6. The second-order valence-corrected chi connectivity index (χ2v) is 9.98. The molecule has 3 aromatic heterocycles. The SMILES string of the molecule is Cc1ccc(C(=O)Nc2ccc(Oc3cc4c5c(cnn5CC4)c3-c3cn[nH]c3)c(F)c2)c(=O)n1-c1ccc(F)cc1. The average Bonchev–Trinajstić information content (AvgIpc) is 3.73. The highest BCUT2D eigenvalue weighted by Gasteiger charge is 2.24. The lowest BCUT2D eigenvalue weighted by molar-refractivity contribution is 0.102. The van der Waals surface area contributed by atoms with Crippen LogP contribution < -0.4 is 15.6 Å². The number of aromatic amines is 1. The maximum Gasteiger partial charge on any atom is 0.268 e. The summed E-state index contributed by atoms with van der Waals surface area (Å²) in [6, 6.07) is 14.3. The average molecular weight is 565 g/mol. The molecule has 1 amide bonds. The second kappa shape index (κ2) is 9.81. The van der Waals surface area contributed by atoms with E-state index in [1.807, 2.05) is 10.7 Å². The fourth-order valence-corrected chi connectivity index (χ4v) is 5.38. The van der Waals surface area contributed by atoms with Crippen LogP contribution in [0.1, 0.15) is 21.6 Å². The van der Waals surface area contributed by atoms with Crippen LogP contribution in [0.15, 0.2) is 84.0 Å². The number of H-pyrrole nitrogens is 1. The molecule has 0 unspecified atom stereocenters. The minimum absolute atomic E-state index is 0.0383. The number of ether oxygens (including phenoxy) is 1. The number of carbonyl (C=O) groups is 1. The minimum atomic E-state index is -0.711. The largest absolute Gasteiger partial charge is 0.454 e. The molecular weight excluding hydrogens is 542 g/mol. The lowest BCUT2D eigenvalue weighted by Gasteiger charge is -2.14. The lowest BCUT2D eigenvalue weighted by Crippen LogP contribution is -2.29. The predicted octanol–water partition coefficient (Wildman–Crippen LogP) is 5.76. The first-order chi connectivity index (χ1) is 20.4. The number of aromatic nitrogens is 5. The molecule has 1 aliphatic rings. The summed E-state index contributed by atoms with van der Waals surface area (Å²) in [6.45, 7) is 2.46. The normalized spacial score (nSPS) is 12.2. The third-order valence-electron chi connectivity index (χ3n) is 7.36. The molecule has 0 fully saturated rings. The van der Waals surface area contributed by atoms with Crippen molar-refractivity contribution >= 4 is 22.5 Å². The van der Waals surface area contributed by atoms with Crippen LogP contribution >= 0.6 is 0 Å². The highest BCUT2D eigenvalue weighted by Crippen LogP contribution is 2.43. The van der Waals surface area contributed by atoms with Gasteiger partial charge in [0.1, 0.15) is 17.1 Å². The summed E-state index contributed by atoms with van der Waals surface area (Å²) in [5.41, 5.74) is 3.98. The van der Waals surface area contributed by atoms with E-state index in [2.05, 4.69) is 20.6 Å². The van der Waals surface area contributed by atoms with E-state index in [0.717, 1.165) is 46.6 Å². The number of aryl methyl sites for hydroxylation is 3. The van der Waals surface area contributed by atoms with Gasteiger partial charge in [0.05, 0.1) is 17.9 Å². The van der Waals surface area contributed by atoms with E-state index in [9.17, 15) is 14.0 Å². The van der Waals surface area contributed by atoms with Gasteiger partial charge in [0.25, 0.3) is 11.5 Å². The molecule has 6 aromatic rings. The molecule has 4 heterocycles. The third-order valence-corrected chi connectivity index (χ3v) is 7.36. The maximum absolute atomic E-state index is 15.4. The summed E-state index contributed by atoms with van der Waals surface area (Å²) in [5, 5.41) is 14.8. The van der Waals surface area contributed by atoms with Gasteiger partial charge in [0.15, 0.2) is 11.6 Å². The van der Waals surface area contributed by atoms with Crippen LogP contribution in [-0.2, 0) is 13.0 Å². The Bertz CT molecular complexity index is 2060. The van der Waals surface area contributed by atoms with Crippen molar-refractivity contribution in [2.45, 2.75) is 19.9 Å². The second-order valence-electron chi connectivity index (χ2n) is 9.98. The molecule has 0 saturated carbocycles. The zero-order valence-corrected chi connectivity index (χ0v) is 22.2. The summed E-state index contributed by atoms with van der Waals surface area (Å²) >= 11 is 0. The standard InChI is InChI=1S/C31H22F2N6O3/c1-17-2-8-23(31(41)39(17)22-6-3-20(32)4-7-22)30(40)37-21-5-9-26(25(33)13-21)42-27-12-18-10-11-38-29(18)24(16-36-38)28(27)19-14-34-35-15-19/h2-9,12-16H,10-11H2,1H3,(H,34,35)(H,37,40). The fraction of sp³-hybridized carbons (Fsp3) is 0.0968. The monoisotopic (exact) mass is 564 g/mol.